The Morgan fingerprint density at radius 2 is 2.33 bits per heavy atom. The van der Waals surface area contributed by atoms with Gasteiger partial charge in [0.2, 0.25) is 0 Å². The van der Waals surface area contributed by atoms with Gasteiger partial charge in [0.1, 0.15) is 0 Å². The molecule has 1 unspecified atom stereocenters. The van der Waals surface area contributed by atoms with Crippen LogP contribution < -0.4 is 5.50 Å². The fraction of sp³-hybridized carbons (Fsp3) is 1.00. The largest absolute Gasteiger partial charge is 0.336 e. The molecule has 38 valence electrons. The zero-order valence-corrected chi connectivity index (χ0v) is 4.18. The first-order chi connectivity index (χ1) is 2.77. The lowest BCUT2D eigenvalue weighted by atomic mass is 11.8. The van der Waals surface area contributed by atoms with Crippen molar-refractivity contribution in [3.8, 4) is 0 Å². The summed E-state index contributed by atoms with van der Waals surface area (Å²) < 4.78 is 3.94. The van der Waals surface area contributed by atoms with E-state index in [-0.39, 0.29) is 0 Å². The van der Waals surface area contributed by atoms with Gasteiger partial charge in [-0.25, -0.2) is 4.89 Å². The number of rotatable bonds is 2. The summed E-state index contributed by atoms with van der Waals surface area (Å²) in [5.74, 6) is 0. The van der Waals surface area contributed by atoms with Gasteiger partial charge in [-0.2, -0.15) is 4.67 Å². The summed E-state index contributed by atoms with van der Waals surface area (Å²) >= 11 is 0. The van der Waals surface area contributed by atoms with E-state index >= 15 is 0 Å². The van der Waals surface area contributed by atoms with Crippen molar-refractivity contribution in [3.63, 3.8) is 0 Å². The van der Waals surface area contributed by atoms with Gasteiger partial charge < -0.3 is 4.89 Å². The summed E-state index contributed by atoms with van der Waals surface area (Å²) in [4.78, 5) is 12.0. The van der Waals surface area contributed by atoms with Gasteiger partial charge in [-0.15, -0.1) is 0 Å². The normalized spacial score (nSPS) is 14.5. The van der Waals surface area contributed by atoms with Crippen LogP contribution in [0.5, 0.6) is 0 Å². The minimum Gasteiger partial charge on any atom is -0.336 e. The van der Waals surface area contributed by atoms with Gasteiger partial charge in [0, 0.05) is 0 Å². The molecule has 0 saturated carbocycles. The van der Waals surface area contributed by atoms with Crippen LogP contribution in [0, 0.1) is 0 Å². The Hall–Kier alpha value is 0.270. The third kappa shape index (κ3) is 4.27. The van der Waals surface area contributed by atoms with E-state index in [2.05, 4.69) is 15.1 Å². The van der Waals surface area contributed by atoms with Crippen molar-refractivity contribution in [2.75, 3.05) is 7.11 Å². The summed E-state index contributed by atoms with van der Waals surface area (Å²) in [6.07, 6.45) is 0. The second-order valence-corrected chi connectivity index (χ2v) is 1.30. The van der Waals surface area contributed by atoms with Crippen LogP contribution in [-0.2, 0) is 9.56 Å². The van der Waals surface area contributed by atoms with E-state index in [1.165, 1.54) is 7.11 Å². The average Bonchev–Trinajstić information content (AvgIpc) is 1.35. The molecule has 0 amide bonds. The van der Waals surface area contributed by atoms with Crippen molar-refractivity contribution >= 4 is 8.53 Å². The highest BCUT2D eigenvalue weighted by molar-refractivity contribution is 7.43. The van der Waals surface area contributed by atoms with E-state index in [0.717, 1.165) is 0 Å². The Morgan fingerprint density at radius 3 is 2.33 bits per heavy atom. The van der Waals surface area contributed by atoms with E-state index in [1.54, 1.807) is 0 Å². The second-order valence-electron chi connectivity index (χ2n) is 0.544. The third-order valence-electron chi connectivity index (χ3n) is 0.151. The van der Waals surface area contributed by atoms with Gasteiger partial charge >= 0.3 is 0 Å². The first kappa shape index (κ1) is 6.27. The molecule has 4 nitrogen and oxygen atoms in total. The van der Waals surface area contributed by atoms with Gasteiger partial charge in [0.05, 0.1) is 7.11 Å². The zero-order valence-electron chi connectivity index (χ0n) is 3.29. The molecule has 0 heterocycles. The third-order valence-corrected chi connectivity index (χ3v) is 0.453. The second kappa shape index (κ2) is 3.46. The quantitative estimate of drug-likeness (QED) is 0.293. The molecule has 0 spiro atoms. The smallest absolute Gasteiger partial charge is 0.283 e. The number of nitrogens with two attached hydrogens (primary N) is 1. The fourth-order valence-electron chi connectivity index (χ4n) is 0.0764. The summed E-state index contributed by atoms with van der Waals surface area (Å²) in [7, 11) is -0.547. The van der Waals surface area contributed by atoms with Crippen molar-refractivity contribution in [2.24, 2.45) is 5.50 Å². The van der Waals surface area contributed by atoms with Gasteiger partial charge in [0.25, 0.3) is 8.53 Å². The molecule has 0 bridgehead atoms. The Labute approximate surface area is 36.8 Å². The van der Waals surface area contributed by atoms with Gasteiger partial charge in [0.15, 0.2) is 0 Å². The van der Waals surface area contributed by atoms with Crippen LogP contribution in [0.15, 0.2) is 0 Å². The highest BCUT2D eigenvalue weighted by Crippen LogP contribution is 2.17. The van der Waals surface area contributed by atoms with Crippen LogP contribution in [0.3, 0.4) is 0 Å². The highest BCUT2D eigenvalue weighted by atomic mass is 31.2. The average molecular weight is 111 g/mol. The molecule has 0 rings (SSSR count). The fourth-order valence-corrected chi connectivity index (χ4v) is 0.229. The molecule has 0 radical (unpaired) electrons. The molecule has 0 aliphatic carbocycles. The van der Waals surface area contributed by atoms with Gasteiger partial charge in [-0.1, -0.05) is 0 Å². The molecular formula is CH6NO3P. The zero-order chi connectivity index (χ0) is 4.99. The van der Waals surface area contributed by atoms with Gasteiger partial charge in [-0.3, -0.25) is 5.50 Å². The highest BCUT2D eigenvalue weighted by Gasteiger charge is 1.90. The van der Waals surface area contributed by atoms with Crippen LogP contribution in [0.2, 0.25) is 0 Å². The van der Waals surface area contributed by atoms with Crippen LogP contribution in [0.4, 0.5) is 0 Å². The molecule has 6 heavy (non-hydrogen) atoms. The van der Waals surface area contributed by atoms with E-state index < -0.39 is 8.53 Å². The Bertz CT molecular complexity index is 32.0. The van der Waals surface area contributed by atoms with Gasteiger partial charge in [-0.05, 0) is 0 Å². The van der Waals surface area contributed by atoms with Crippen LogP contribution >= 0.6 is 8.53 Å². The molecule has 3 N–H and O–H groups in total. The summed E-state index contributed by atoms with van der Waals surface area (Å²) in [5, 5.41) is 0. The summed E-state index contributed by atoms with van der Waals surface area (Å²) in [5.41, 5.74) is 4.68. The molecule has 0 saturated heterocycles. The monoisotopic (exact) mass is 111 g/mol. The Kier molecular flexibility index (Phi) is 3.62. The SMILES string of the molecule is COOP(N)O. The molecule has 0 aromatic heterocycles. The maximum atomic E-state index is 8.05. The van der Waals surface area contributed by atoms with Crippen LogP contribution in [-0.4, -0.2) is 12.0 Å². The predicted octanol–water partition coefficient (Wildman–Crippen LogP) is -0.258. The van der Waals surface area contributed by atoms with Crippen molar-refractivity contribution in [1.29, 1.82) is 0 Å². The minimum absolute atomic E-state index is 1.28. The van der Waals surface area contributed by atoms with E-state index in [0.29, 0.717) is 0 Å². The summed E-state index contributed by atoms with van der Waals surface area (Å²) in [6, 6.07) is 0. The lowest BCUT2D eigenvalue weighted by Crippen LogP contribution is -1.89. The lowest BCUT2D eigenvalue weighted by Gasteiger charge is -1.95. The molecular weight excluding hydrogens is 105 g/mol. The predicted molar refractivity (Wildman–Crippen MR) is 21.4 cm³/mol. The Balaban J connectivity index is 2.63. The van der Waals surface area contributed by atoms with Crippen LogP contribution in [0.1, 0.15) is 0 Å². The van der Waals surface area contributed by atoms with Crippen molar-refractivity contribution in [1.82, 2.24) is 0 Å². The first-order valence-electron chi connectivity index (χ1n) is 1.22. The molecule has 0 aliphatic heterocycles. The molecule has 0 aromatic carbocycles. The van der Waals surface area contributed by atoms with E-state index in [9.17, 15) is 0 Å². The van der Waals surface area contributed by atoms with Crippen molar-refractivity contribution in [2.45, 2.75) is 0 Å². The molecule has 0 aromatic rings. The maximum Gasteiger partial charge on any atom is 0.283 e. The van der Waals surface area contributed by atoms with Crippen LogP contribution in [0.25, 0.3) is 0 Å². The van der Waals surface area contributed by atoms with Crippen molar-refractivity contribution in [3.05, 3.63) is 0 Å². The summed E-state index contributed by atoms with van der Waals surface area (Å²) in [6.45, 7) is 0. The molecule has 1 atom stereocenters. The number of hydrogen-bond donors (Lipinski definition) is 2. The first-order valence-corrected chi connectivity index (χ1v) is 2.50. The minimum atomic E-state index is -1.82. The lowest BCUT2D eigenvalue weighted by molar-refractivity contribution is -0.176. The topological polar surface area (TPSA) is 64.7 Å². The molecule has 5 heteroatoms. The van der Waals surface area contributed by atoms with Crippen molar-refractivity contribution < 1.29 is 14.5 Å². The molecule has 0 fully saturated rings. The Morgan fingerprint density at radius 1 is 1.83 bits per heavy atom. The standard InChI is InChI=1S/CH6NO3P/c1-4-5-6(2)3/h3H,2H2,1H3. The van der Waals surface area contributed by atoms with E-state index in [1.807, 2.05) is 0 Å². The number of hydrogen-bond acceptors (Lipinski definition) is 4. The maximum absolute atomic E-state index is 8.05. The molecule has 0 aliphatic rings. The van der Waals surface area contributed by atoms with E-state index in [4.69, 9.17) is 4.89 Å².